The van der Waals surface area contributed by atoms with Gasteiger partial charge in [0.05, 0.1) is 19.3 Å². The normalized spacial score (nSPS) is 15.7. The molecule has 0 amide bonds. The molecule has 0 fully saturated rings. The average molecular weight is 259 g/mol. The summed E-state index contributed by atoms with van der Waals surface area (Å²) >= 11 is 1.79. The van der Waals surface area contributed by atoms with Crippen LogP contribution in [0.2, 0.25) is 0 Å². The fraction of sp³-hybridized carbons (Fsp3) is 0.333. The molecule has 18 heavy (non-hydrogen) atoms. The van der Waals surface area contributed by atoms with Gasteiger partial charge in [-0.25, -0.2) is 0 Å². The number of nitrogens with two attached hydrogens (primary N) is 1. The fourth-order valence-electron chi connectivity index (χ4n) is 2.50. The van der Waals surface area contributed by atoms with Gasteiger partial charge in [-0.1, -0.05) is 18.2 Å². The first kappa shape index (κ1) is 11.9. The van der Waals surface area contributed by atoms with E-state index in [4.69, 9.17) is 10.5 Å². The Labute approximate surface area is 111 Å². The first-order valence-corrected chi connectivity index (χ1v) is 6.99. The Hall–Kier alpha value is -1.16. The van der Waals surface area contributed by atoms with Gasteiger partial charge >= 0.3 is 0 Å². The number of ether oxygens (including phenoxy) is 1. The summed E-state index contributed by atoms with van der Waals surface area (Å²) in [5.74, 6) is 0. The molecule has 2 N–H and O–H groups in total. The van der Waals surface area contributed by atoms with E-state index in [9.17, 15) is 0 Å². The Balaban J connectivity index is 1.97. The van der Waals surface area contributed by atoms with Crippen LogP contribution in [0.5, 0.6) is 0 Å². The highest BCUT2D eigenvalue weighted by Gasteiger charge is 2.17. The zero-order valence-electron chi connectivity index (χ0n) is 10.7. The zero-order chi connectivity index (χ0) is 12.7. The standard InChI is InChI=1S/C15H17NOS/c1-9-5-10(2)18-15(9)14(16)11-3-4-12-7-17-8-13(12)6-11/h3-6,14H,7-8,16H2,1-2H3. The molecule has 0 radical (unpaired) electrons. The van der Waals surface area contributed by atoms with Gasteiger partial charge in [0, 0.05) is 9.75 Å². The third-order valence-electron chi connectivity index (χ3n) is 3.47. The van der Waals surface area contributed by atoms with Crippen molar-refractivity contribution in [3.05, 3.63) is 56.3 Å². The Morgan fingerprint density at radius 1 is 1.17 bits per heavy atom. The highest BCUT2D eigenvalue weighted by Crippen LogP contribution is 2.32. The van der Waals surface area contributed by atoms with Crippen LogP contribution in [-0.2, 0) is 18.0 Å². The van der Waals surface area contributed by atoms with E-state index >= 15 is 0 Å². The zero-order valence-corrected chi connectivity index (χ0v) is 11.5. The van der Waals surface area contributed by atoms with E-state index in [-0.39, 0.29) is 6.04 Å². The maximum atomic E-state index is 6.39. The Morgan fingerprint density at radius 2 is 1.94 bits per heavy atom. The van der Waals surface area contributed by atoms with Crippen LogP contribution >= 0.6 is 11.3 Å². The molecule has 1 aliphatic heterocycles. The first-order chi connectivity index (χ1) is 8.65. The summed E-state index contributed by atoms with van der Waals surface area (Å²) in [5, 5.41) is 0. The van der Waals surface area contributed by atoms with E-state index in [2.05, 4.69) is 38.1 Å². The molecule has 2 aromatic rings. The number of thiophene rings is 1. The van der Waals surface area contributed by atoms with E-state index in [1.165, 1.54) is 32.0 Å². The number of rotatable bonds is 2. The summed E-state index contributed by atoms with van der Waals surface area (Å²) in [4.78, 5) is 2.59. The molecule has 1 aromatic carbocycles. The quantitative estimate of drug-likeness (QED) is 0.896. The molecule has 1 unspecified atom stereocenters. The van der Waals surface area contributed by atoms with Gasteiger partial charge in [0.25, 0.3) is 0 Å². The molecule has 1 aliphatic rings. The minimum absolute atomic E-state index is 0.0189. The second kappa shape index (κ2) is 4.50. The summed E-state index contributed by atoms with van der Waals surface area (Å²) in [6.45, 7) is 5.72. The number of hydrogen-bond acceptors (Lipinski definition) is 3. The van der Waals surface area contributed by atoms with Crippen LogP contribution in [0, 0.1) is 13.8 Å². The molecule has 0 spiro atoms. The van der Waals surface area contributed by atoms with Crippen molar-refractivity contribution in [3.8, 4) is 0 Å². The van der Waals surface area contributed by atoms with Crippen LogP contribution < -0.4 is 5.73 Å². The summed E-state index contributed by atoms with van der Waals surface area (Å²) in [6.07, 6.45) is 0. The van der Waals surface area contributed by atoms with Crippen LogP contribution in [0.1, 0.15) is 38.0 Å². The van der Waals surface area contributed by atoms with E-state index in [0.717, 1.165) is 13.2 Å². The summed E-state index contributed by atoms with van der Waals surface area (Å²) in [7, 11) is 0. The second-order valence-electron chi connectivity index (χ2n) is 4.90. The van der Waals surface area contributed by atoms with Crippen LogP contribution in [0.3, 0.4) is 0 Å². The second-order valence-corrected chi connectivity index (χ2v) is 6.19. The smallest absolute Gasteiger partial charge is 0.0725 e. The van der Waals surface area contributed by atoms with Gasteiger partial charge in [0.1, 0.15) is 0 Å². The third kappa shape index (κ3) is 1.99. The molecular formula is C15H17NOS. The Morgan fingerprint density at radius 3 is 2.67 bits per heavy atom. The molecule has 2 heterocycles. The lowest BCUT2D eigenvalue weighted by Crippen LogP contribution is -2.11. The molecule has 3 rings (SSSR count). The van der Waals surface area contributed by atoms with Crippen molar-refractivity contribution >= 4 is 11.3 Å². The van der Waals surface area contributed by atoms with Gasteiger partial charge in [-0.2, -0.15) is 0 Å². The predicted molar refractivity (Wildman–Crippen MR) is 74.8 cm³/mol. The van der Waals surface area contributed by atoms with E-state index in [1.807, 2.05) is 0 Å². The lowest BCUT2D eigenvalue weighted by Gasteiger charge is -2.13. The van der Waals surface area contributed by atoms with Crippen molar-refractivity contribution in [2.75, 3.05) is 0 Å². The lowest BCUT2D eigenvalue weighted by atomic mass is 9.99. The minimum Gasteiger partial charge on any atom is -0.372 e. The van der Waals surface area contributed by atoms with Gasteiger partial charge in [0.15, 0.2) is 0 Å². The molecule has 0 saturated carbocycles. The molecule has 0 saturated heterocycles. The van der Waals surface area contributed by atoms with Crippen molar-refractivity contribution in [3.63, 3.8) is 0 Å². The molecule has 3 heteroatoms. The van der Waals surface area contributed by atoms with Crippen LogP contribution in [0.25, 0.3) is 0 Å². The molecule has 1 atom stereocenters. The average Bonchev–Trinajstić information content (AvgIpc) is 2.93. The van der Waals surface area contributed by atoms with Gasteiger partial charge in [-0.3, -0.25) is 0 Å². The van der Waals surface area contributed by atoms with Gasteiger partial charge < -0.3 is 10.5 Å². The maximum absolute atomic E-state index is 6.39. The highest BCUT2D eigenvalue weighted by molar-refractivity contribution is 7.12. The largest absolute Gasteiger partial charge is 0.372 e. The van der Waals surface area contributed by atoms with Crippen LogP contribution in [0.15, 0.2) is 24.3 Å². The van der Waals surface area contributed by atoms with Crippen molar-refractivity contribution in [1.82, 2.24) is 0 Å². The van der Waals surface area contributed by atoms with Crippen LogP contribution in [0.4, 0.5) is 0 Å². The Kier molecular flexibility index (Phi) is 2.98. The van der Waals surface area contributed by atoms with E-state index in [1.54, 1.807) is 11.3 Å². The molecule has 1 aromatic heterocycles. The topological polar surface area (TPSA) is 35.2 Å². The van der Waals surface area contributed by atoms with Crippen molar-refractivity contribution in [1.29, 1.82) is 0 Å². The molecule has 94 valence electrons. The lowest BCUT2D eigenvalue weighted by molar-refractivity contribution is 0.134. The van der Waals surface area contributed by atoms with E-state index in [0.29, 0.717) is 0 Å². The Bertz CT molecular complexity index is 588. The maximum Gasteiger partial charge on any atom is 0.0725 e. The molecule has 0 bridgehead atoms. The molecular weight excluding hydrogens is 242 g/mol. The molecule has 2 nitrogen and oxygen atoms in total. The highest BCUT2D eigenvalue weighted by atomic mass is 32.1. The van der Waals surface area contributed by atoms with Gasteiger partial charge in [-0.05, 0) is 42.2 Å². The summed E-state index contributed by atoms with van der Waals surface area (Å²) in [5.41, 5.74) is 11.5. The van der Waals surface area contributed by atoms with Gasteiger partial charge in [0.2, 0.25) is 0 Å². The van der Waals surface area contributed by atoms with Gasteiger partial charge in [-0.15, -0.1) is 11.3 Å². The SMILES string of the molecule is Cc1cc(C)c(C(N)c2ccc3c(c2)COC3)s1. The summed E-state index contributed by atoms with van der Waals surface area (Å²) in [6, 6.07) is 8.66. The van der Waals surface area contributed by atoms with Crippen molar-refractivity contribution in [2.24, 2.45) is 5.73 Å². The predicted octanol–water partition coefficient (Wildman–Crippen LogP) is 3.44. The number of hydrogen-bond donors (Lipinski definition) is 1. The van der Waals surface area contributed by atoms with Crippen molar-refractivity contribution in [2.45, 2.75) is 33.1 Å². The monoisotopic (exact) mass is 259 g/mol. The molecule has 0 aliphatic carbocycles. The van der Waals surface area contributed by atoms with E-state index < -0.39 is 0 Å². The number of aryl methyl sites for hydroxylation is 2. The van der Waals surface area contributed by atoms with Crippen molar-refractivity contribution < 1.29 is 4.74 Å². The summed E-state index contributed by atoms with van der Waals surface area (Å²) < 4.78 is 5.44. The first-order valence-electron chi connectivity index (χ1n) is 6.17. The fourth-order valence-corrected chi connectivity index (χ4v) is 3.57. The minimum atomic E-state index is -0.0189. The number of benzene rings is 1. The van der Waals surface area contributed by atoms with Crippen LogP contribution in [-0.4, -0.2) is 0 Å². The number of fused-ring (bicyclic) bond motifs is 1. The third-order valence-corrected chi connectivity index (χ3v) is 4.70.